The number of rotatable bonds is 3. The van der Waals surface area contributed by atoms with Gasteiger partial charge in [0.25, 0.3) is 5.91 Å². The molecule has 3 unspecified atom stereocenters. The van der Waals surface area contributed by atoms with Crippen LogP contribution in [-0.2, 0) is 0 Å². The first-order chi connectivity index (χ1) is 14.1. The monoisotopic (exact) mass is 390 g/mol. The lowest BCUT2D eigenvalue weighted by molar-refractivity contribution is 0.0963. The summed E-state index contributed by atoms with van der Waals surface area (Å²) in [6, 6.07) is 1.98. The Labute approximate surface area is 170 Å². The van der Waals surface area contributed by atoms with Crippen molar-refractivity contribution in [1.82, 2.24) is 25.0 Å². The summed E-state index contributed by atoms with van der Waals surface area (Å²) in [5.41, 5.74) is 3.67. The number of allylic oxidation sites excluding steroid dienone is 3. The highest BCUT2D eigenvalue weighted by atomic mass is 16.1. The van der Waals surface area contributed by atoms with Crippen LogP contribution < -0.4 is 10.6 Å². The normalized spacial score (nSPS) is 25.9. The van der Waals surface area contributed by atoms with E-state index in [9.17, 15) is 4.79 Å². The second-order valence-electron chi connectivity index (χ2n) is 8.23. The third kappa shape index (κ3) is 3.24. The maximum Gasteiger partial charge on any atom is 0.278 e. The number of aromatic nitrogens is 3. The molecule has 3 heterocycles. The number of fused-ring (bicyclic) bond motifs is 2. The third-order valence-electron chi connectivity index (χ3n) is 6.25. The summed E-state index contributed by atoms with van der Waals surface area (Å²) in [4.78, 5) is 26.5. The van der Waals surface area contributed by atoms with E-state index in [1.165, 1.54) is 12.8 Å². The summed E-state index contributed by atoms with van der Waals surface area (Å²) in [6.07, 6.45) is 11.7. The molecule has 0 saturated heterocycles. The van der Waals surface area contributed by atoms with Crippen LogP contribution >= 0.6 is 0 Å². The van der Waals surface area contributed by atoms with Crippen molar-refractivity contribution in [3.63, 3.8) is 0 Å². The van der Waals surface area contributed by atoms with Gasteiger partial charge in [-0.05, 0) is 50.7 Å². The number of hydrogen-bond donors (Lipinski definition) is 2. The van der Waals surface area contributed by atoms with Gasteiger partial charge in [-0.15, -0.1) is 0 Å². The van der Waals surface area contributed by atoms with Crippen LogP contribution in [0.3, 0.4) is 0 Å². The quantitative estimate of drug-likeness (QED) is 0.844. The predicted octanol–water partition coefficient (Wildman–Crippen LogP) is 2.56. The van der Waals surface area contributed by atoms with Gasteiger partial charge in [-0.3, -0.25) is 14.2 Å². The fourth-order valence-corrected chi connectivity index (χ4v) is 4.91. The van der Waals surface area contributed by atoms with Crippen LogP contribution in [0.1, 0.15) is 41.1 Å². The maximum absolute atomic E-state index is 13.0. The Morgan fingerprint density at radius 1 is 1.31 bits per heavy atom. The van der Waals surface area contributed by atoms with Crippen molar-refractivity contribution in [2.75, 3.05) is 13.1 Å². The minimum Gasteiger partial charge on any atom is -0.372 e. The van der Waals surface area contributed by atoms with E-state index in [0.717, 1.165) is 42.4 Å². The maximum atomic E-state index is 13.0. The molecule has 0 aromatic carbocycles. The Bertz CT molecular complexity index is 1060. The van der Waals surface area contributed by atoms with Gasteiger partial charge in [0.1, 0.15) is 12.2 Å². The third-order valence-corrected chi connectivity index (χ3v) is 6.25. The van der Waals surface area contributed by atoms with Gasteiger partial charge in [-0.25, -0.2) is 9.97 Å². The van der Waals surface area contributed by atoms with Crippen LogP contribution in [0.5, 0.6) is 0 Å². The highest BCUT2D eigenvalue weighted by molar-refractivity contribution is 5.99. The molecule has 2 aliphatic carbocycles. The zero-order valence-corrected chi connectivity index (χ0v) is 16.9. The summed E-state index contributed by atoms with van der Waals surface area (Å²) in [5.74, 6) is 2.22. The SMILES string of the molecule is Cc1cc(C)n2cnc(C(=O)NC3=CC4C(C=C3)CCCC4C3=NCCN3)c2n1. The molecule has 2 N–H and O–H groups in total. The van der Waals surface area contributed by atoms with E-state index in [0.29, 0.717) is 29.1 Å². The number of imidazole rings is 1. The summed E-state index contributed by atoms with van der Waals surface area (Å²) < 4.78 is 1.85. The zero-order chi connectivity index (χ0) is 20.0. The lowest BCUT2D eigenvalue weighted by Gasteiger charge is -2.37. The molecular formula is C22H26N6O. The standard InChI is InChI=1S/C22H26N6O/c1-13-10-14(2)28-12-25-19(21(28)26-13)22(29)27-16-7-6-15-4-3-5-17(18(15)11-16)20-23-8-9-24-20/h6-7,10-12,15,17-18H,3-5,8-9H2,1-2H3,(H,23,24)(H,27,29). The van der Waals surface area contributed by atoms with Gasteiger partial charge in [0, 0.05) is 29.5 Å². The van der Waals surface area contributed by atoms with Crippen molar-refractivity contribution in [3.8, 4) is 0 Å². The Morgan fingerprint density at radius 3 is 3.03 bits per heavy atom. The van der Waals surface area contributed by atoms with Gasteiger partial charge in [0.15, 0.2) is 11.3 Å². The molecule has 1 aliphatic heterocycles. The molecule has 0 bridgehead atoms. The second-order valence-corrected chi connectivity index (χ2v) is 8.23. The number of aryl methyl sites for hydroxylation is 2. The minimum absolute atomic E-state index is 0.219. The largest absolute Gasteiger partial charge is 0.372 e. The van der Waals surface area contributed by atoms with Crippen LogP contribution in [0, 0.1) is 31.6 Å². The summed E-state index contributed by atoms with van der Waals surface area (Å²) >= 11 is 0. The minimum atomic E-state index is -0.219. The van der Waals surface area contributed by atoms with E-state index in [1.807, 2.05) is 30.4 Å². The van der Waals surface area contributed by atoms with Gasteiger partial charge in [0.2, 0.25) is 0 Å². The summed E-state index contributed by atoms with van der Waals surface area (Å²) in [5, 5.41) is 6.51. The lowest BCUT2D eigenvalue weighted by atomic mass is 9.69. The highest BCUT2D eigenvalue weighted by Gasteiger charge is 2.36. The molecule has 3 aliphatic rings. The Balaban J connectivity index is 1.40. The van der Waals surface area contributed by atoms with Crippen LogP contribution in [0.15, 0.2) is 41.3 Å². The molecule has 7 nitrogen and oxygen atoms in total. The van der Waals surface area contributed by atoms with Gasteiger partial charge in [-0.2, -0.15) is 0 Å². The molecule has 1 saturated carbocycles. The predicted molar refractivity (Wildman–Crippen MR) is 112 cm³/mol. The van der Waals surface area contributed by atoms with E-state index in [-0.39, 0.29) is 5.91 Å². The van der Waals surface area contributed by atoms with Crippen molar-refractivity contribution < 1.29 is 4.79 Å². The van der Waals surface area contributed by atoms with Gasteiger partial charge < -0.3 is 10.6 Å². The van der Waals surface area contributed by atoms with Crippen LogP contribution in [0.2, 0.25) is 0 Å². The molecule has 2 aromatic rings. The number of nitrogens with zero attached hydrogens (tertiary/aromatic N) is 4. The molecule has 1 fully saturated rings. The highest BCUT2D eigenvalue weighted by Crippen LogP contribution is 2.40. The molecule has 3 atom stereocenters. The number of carbonyl (C=O) groups excluding carboxylic acids is 1. The van der Waals surface area contributed by atoms with Crippen molar-refractivity contribution in [1.29, 1.82) is 0 Å². The lowest BCUT2D eigenvalue weighted by Crippen LogP contribution is -2.38. The van der Waals surface area contributed by atoms with Crippen LogP contribution in [0.25, 0.3) is 5.65 Å². The number of nitrogens with one attached hydrogen (secondary N) is 2. The average Bonchev–Trinajstić information content (AvgIpc) is 3.37. The molecule has 150 valence electrons. The first kappa shape index (κ1) is 18.1. The van der Waals surface area contributed by atoms with Crippen LogP contribution in [-0.4, -0.2) is 39.2 Å². The van der Waals surface area contributed by atoms with E-state index < -0.39 is 0 Å². The molecular weight excluding hydrogens is 364 g/mol. The van der Waals surface area contributed by atoms with E-state index in [1.54, 1.807) is 6.33 Å². The Morgan fingerprint density at radius 2 is 2.21 bits per heavy atom. The molecule has 29 heavy (non-hydrogen) atoms. The molecule has 5 rings (SSSR count). The molecule has 1 amide bonds. The topological polar surface area (TPSA) is 83.7 Å². The van der Waals surface area contributed by atoms with E-state index in [2.05, 4.69) is 37.7 Å². The van der Waals surface area contributed by atoms with Crippen molar-refractivity contribution in [3.05, 3.63) is 53.4 Å². The van der Waals surface area contributed by atoms with E-state index in [4.69, 9.17) is 0 Å². The van der Waals surface area contributed by atoms with Gasteiger partial charge in [-0.1, -0.05) is 18.6 Å². The van der Waals surface area contributed by atoms with Crippen molar-refractivity contribution in [2.45, 2.75) is 33.1 Å². The number of hydrogen-bond acceptors (Lipinski definition) is 5. The smallest absolute Gasteiger partial charge is 0.278 e. The molecule has 2 aromatic heterocycles. The van der Waals surface area contributed by atoms with E-state index >= 15 is 0 Å². The number of aliphatic imine (C=N–C) groups is 1. The zero-order valence-electron chi connectivity index (χ0n) is 16.9. The van der Waals surface area contributed by atoms with Gasteiger partial charge >= 0.3 is 0 Å². The number of amides is 1. The first-order valence-corrected chi connectivity index (χ1v) is 10.4. The number of carbonyl (C=O) groups is 1. The second kappa shape index (κ2) is 7.13. The van der Waals surface area contributed by atoms with Crippen LogP contribution in [0.4, 0.5) is 0 Å². The van der Waals surface area contributed by atoms with Crippen molar-refractivity contribution in [2.24, 2.45) is 22.7 Å². The van der Waals surface area contributed by atoms with Gasteiger partial charge in [0.05, 0.1) is 6.54 Å². The summed E-state index contributed by atoms with van der Waals surface area (Å²) in [7, 11) is 0. The summed E-state index contributed by atoms with van der Waals surface area (Å²) in [6.45, 7) is 5.72. The fraction of sp³-hybridized carbons (Fsp3) is 0.455. The van der Waals surface area contributed by atoms with Crippen molar-refractivity contribution >= 4 is 17.4 Å². The molecule has 0 spiro atoms. The number of amidine groups is 1. The Kier molecular flexibility index (Phi) is 4.45. The fourth-order valence-electron chi connectivity index (χ4n) is 4.91. The molecule has 0 radical (unpaired) electrons. The Hall–Kier alpha value is -2.96. The first-order valence-electron chi connectivity index (χ1n) is 10.4. The average molecular weight is 390 g/mol. The molecule has 7 heteroatoms.